The lowest BCUT2D eigenvalue weighted by atomic mass is 10.2. The molecule has 0 spiro atoms. The van der Waals surface area contributed by atoms with Crippen LogP contribution in [-0.4, -0.2) is 39.7 Å². The van der Waals surface area contributed by atoms with Crippen LogP contribution in [0.3, 0.4) is 0 Å². The number of nitrogens with one attached hydrogen (secondary N) is 2. The Balaban J connectivity index is 2.16. The highest BCUT2D eigenvalue weighted by molar-refractivity contribution is 5.94. The van der Waals surface area contributed by atoms with E-state index in [0.717, 1.165) is 5.56 Å². The first-order valence-electron chi connectivity index (χ1n) is 5.38. The summed E-state index contributed by atoms with van der Waals surface area (Å²) in [5.74, 6) is 0.272. The molecule has 2 N–H and O–H groups in total. The minimum atomic E-state index is -0.501. The van der Waals surface area contributed by atoms with Gasteiger partial charge in [-0.3, -0.25) is 4.79 Å². The van der Waals surface area contributed by atoms with Crippen molar-refractivity contribution in [1.29, 1.82) is 0 Å². The number of hydrogen-bond donors (Lipinski definition) is 2. The third-order valence-corrected chi connectivity index (χ3v) is 2.46. The average molecular weight is 247 g/mol. The van der Waals surface area contributed by atoms with Gasteiger partial charge in [0.2, 0.25) is 5.82 Å². The monoisotopic (exact) mass is 247 g/mol. The highest BCUT2D eigenvalue weighted by Crippen LogP contribution is 2.18. The maximum Gasteiger partial charge on any atom is 0.253 e. The number of rotatable bonds is 4. The topological polar surface area (TPSA) is 92.8 Å². The van der Waals surface area contributed by atoms with Crippen LogP contribution in [0.5, 0.6) is 0 Å². The number of anilines is 1. The number of ether oxygens (including phenoxy) is 1. The van der Waals surface area contributed by atoms with Crippen LogP contribution < -0.4 is 5.32 Å². The zero-order chi connectivity index (χ0) is 13.0. The molecule has 2 aromatic rings. The fourth-order valence-corrected chi connectivity index (χ4v) is 1.37. The molecule has 0 fully saturated rings. The first-order valence-corrected chi connectivity index (χ1v) is 5.38. The highest BCUT2D eigenvalue weighted by Gasteiger charge is 2.12. The Bertz CT molecular complexity index is 526. The third-order valence-electron chi connectivity index (χ3n) is 2.46. The standard InChI is InChI=1S/C11H13N5O2/c1-7(18-2)11(17)12-9-5-3-4-8(6-9)10-13-15-16-14-10/h3-7H,1-2H3,(H,12,17)(H,13,14,15,16). The van der Waals surface area contributed by atoms with Crippen LogP contribution in [-0.2, 0) is 9.53 Å². The predicted molar refractivity (Wildman–Crippen MR) is 64.7 cm³/mol. The van der Waals surface area contributed by atoms with Gasteiger partial charge in [-0.25, -0.2) is 0 Å². The van der Waals surface area contributed by atoms with Gasteiger partial charge < -0.3 is 10.1 Å². The lowest BCUT2D eigenvalue weighted by Crippen LogP contribution is -2.26. The molecule has 1 atom stereocenters. The molecule has 1 aromatic heterocycles. The Morgan fingerprint density at radius 3 is 3.00 bits per heavy atom. The summed E-state index contributed by atoms with van der Waals surface area (Å²) < 4.78 is 4.93. The fourth-order valence-electron chi connectivity index (χ4n) is 1.37. The smallest absolute Gasteiger partial charge is 0.253 e. The zero-order valence-corrected chi connectivity index (χ0v) is 10.0. The van der Waals surface area contributed by atoms with Crippen LogP contribution in [0.4, 0.5) is 5.69 Å². The van der Waals surface area contributed by atoms with Gasteiger partial charge in [0, 0.05) is 18.4 Å². The van der Waals surface area contributed by atoms with Crippen molar-refractivity contribution in [3.63, 3.8) is 0 Å². The van der Waals surface area contributed by atoms with Crippen molar-refractivity contribution in [1.82, 2.24) is 20.6 Å². The number of amides is 1. The van der Waals surface area contributed by atoms with Crippen LogP contribution in [0.2, 0.25) is 0 Å². The van der Waals surface area contributed by atoms with Gasteiger partial charge in [0.05, 0.1) is 0 Å². The van der Waals surface area contributed by atoms with Crippen LogP contribution in [0.25, 0.3) is 11.4 Å². The summed E-state index contributed by atoms with van der Waals surface area (Å²) in [7, 11) is 1.49. The zero-order valence-electron chi connectivity index (χ0n) is 10.0. The Labute approximate surface area is 104 Å². The van der Waals surface area contributed by atoms with Crippen molar-refractivity contribution >= 4 is 11.6 Å². The molecule has 1 unspecified atom stereocenters. The van der Waals surface area contributed by atoms with E-state index in [1.165, 1.54) is 7.11 Å². The number of aromatic nitrogens is 4. The molecule has 2 rings (SSSR count). The van der Waals surface area contributed by atoms with E-state index in [-0.39, 0.29) is 5.91 Å². The van der Waals surface area contributed by atoms with Gasteiger partial charge in [0.15, 0.2) is 0 Å². The van der Waals surface area contributed by atoms with Crippen molar-refractivity contribution in [2.45, 2.75) is 13.0 Å². The Morgan fingerprint density at radius 2 is 2.33 bits per heavy atom. The number of carbonyl (C=O) groups is 1. The number of hydrogen-bond acceptors (Lipinski definition) is 5. The average Bonchev–Trinajstić information content (AvgIpc) is 2.92. The molecule has 0 aliphatic rings. The van der Waals surface area contributed by atoms with Crippen LogP contribution in [0.15, 0.2) is 24.3 Å². The second kappa shape index (κ2) is 5.37. The summed E-state index contributed by atoms with van der Waals surface area (Å²) in [5.41, 5.74) is 1.43. The maximum atomic E-state index is 11.7. The van der Waals surface area contributed by atoms with E-state index < -0.39 is 6.10 Å². The molecule has 0 bridgehead atoms. The molecule has 7 heteroatoms. The van der Waals surface area contributed by atoms with E-state index in [9.17, 15) is 4.79 Å². The molecule has 1 amide bonds. The first kappa shape index (κ1) is 12.2. The van der Waals surface area contributed by atoms with Crippen LogP contribution >= 0.6 is 0 Å². The molecule has 0 saturated carbocycles. The number of H-pyrrole nitrogens is 1. The van der Waals surface area contributed by atoms with Crippen molar-refractivity contribution in [2.24, 2.45) is 0 Å². The minimum absolute atomic E-state index is 0.206. The maximum absolute atomic E-state index is 11.7. The Morgan fingerprint density at radius 1 is 1.50 bits per heavy atom. The normalized spacial score (nSPS) is 12.1. The molecule has 94 valence electrons. The fraction of sp³-hybridized carbons (Fsp3) is 0.273. The summed E-state index contributed by atoms with van der Waals surface area (Å²) in [4.78, 5) is 11.7. The second-order valence-electron chi connectivity index (χ2n) is 3.68. The van der Waals surface area contributed by atoms with E-state index in [2.05, 4.69) is 25.9 Å². The first-order chi connectivity index (χ1) is 8.70. The van der Waals surface area contributed by atoms with Gasteiger partial charge in [-0.05, 0) is 24.3 Å². The number of methoxy groups -OCH3 is 1. The number of aromatic amines is 1. The van der Waals surface area contributed by atoms with Crippen LogP contribution in [0, 0.1) is 0 Å². The van der Waals surface area contributed by atoms with E-state index >= 15 is 0 Å². The molecule has 0 radical (unpaired) electrons. The van der Waals surface area contributed by atoms with Gasteiger partial charge in [0.25, 0.3) is 5.91 Å². The quantitative estimate of drug-likeness (QED) is 0.835. The lowest BCUT2D eigenvalue weighted by molar-refractivity contribution is -0.124. The van der Waals surface area contributed by atoms with Crippen molar-refractivity contribution in [2.75, 3.05) is 12.4 Å². The van der Waals surface area contributed by atoms with Crippen molar-refractivity contribution in [3.8, 4) is 11.4 Å². The van der Waals surface area contributed by atoms with Gasteiger partial charge in [0.1, 0.15) is 6.10 Å². The van der Waals surface area contributed by atoms with Gasteiger partial charge in [-0.1, -0.05) is 12.1 Å². The van der Waals surface area contributed by atoms with Crippen LogP contribution in [0.1, 0.15) is 6.92 Å². The predicted octanol–water partition coefficient (Wildman–Crippen LogP) is 0.840. The molecular weight excluding hydrogens is 234 g/mol. The molecule has 0 saturated heterocycles. The molecule has 0 aliphatic heterocycles. The number of nitrogens with zero attached hydrogens (tertiary/aromatic N) is 3. The van der Waals surface area contributed by atoms with E-state index in [4.69, 9.17) is 4.74 Å². The van der Waals surface area contributed by atoms with Gasteiger partial charge in [-0.15, -0.1) is 10.2 Å². The SMILES string of the molecule is COC(C)C(=O)Nc1cccc(-c2nn[nH]n2)c1. The molecule has 1 aromatic carbocycles. The molecule has 7 nitrogen and oxygen atoms in total. The largest absolute Gasteiger partial charge is 0.372 e. The van der Waals surface area contributed by atoms with Crippen molar-refractivity contribution in [3.05, 3.63) is 24.3 Å². The molecular formula is C11H13N5O2. The number of benzene rings is 1. The summed E-state index contributed by atoms with van der Waals surface area (Å²) in [6.45, 7) is 1.68. The van der Waals surface area contributed by atoms with Gasteiger partial charge >= 0.3 is 0 Å². The Kier molecular flexibility index (Phi) is 3.63. The molecule has 1 heterocycles. The number of carbonyl (C=O) groups excluding carboxylic acids is 1. The van der Waals surface area contributed by atoms with Crippen molar-refractivity contribution < 1.29 is 9.53 Å². The van der Waals surface area contributed by atoms with Gasteiger partial charge in [-0.2, -0.15) is 5.21 Å². The molecule has 0 aliphatic carbocycles. The minimum Gasteiger partial charge on any atom is -0.372 e. The van der Waals surface area contributed by atoms with E-state index in [0.29, 0.717) is 11.5 Å². The highest BCUT2D eigenvalue weighted by atomic mass is 16.5. The number of tetrazole rings is 1. The summed E-state index contributed by atoms with van der Waals surface area (Å²) in [5, 5.41) is 16.4. The summed E-state index contributed by atoms with van der Waals surface area (Å²) in [6, 6.07) is 7.19. The summed E-state index contributed by atoms with van der Waals surface area (Å²) in [6.07, 6.45) is -0.501. The summed E-state index contributed by atoms with van der Waals surface area (Å²) >= 11 is 0. The molecule has 18 heavy (non-hydrogen) atoms. The third kappa shape index (κ3) is 2.69. The lowest BCUT2D eigenvalue weighted by Gasteiger charge is -2.10. The van der Waals surface area contributed by atoms with E-state index in [1.807, 2.05) is 6.07 Å². The van der Waals surface area contributed by atoms with E-state index in [1.54, 1.807) is 25.1 Å². The Hall–Kier alpha value is -2.28. The second-order valence-corrected chi connectivity index (χ2v) is 3.68.